The molecule has 3 aromatic rings. The van der Waals surface area contributed by atoms with Gasteiger partial charge in [-0.25, -0.2) is 9.38 Å². The van der Waals surface area contributed by atoms with Crippen molar-refractivity contribution in [3.63, 3.8) is 0 Å². The summed E-state index contributed by atoms with van der Waals surface area (Å²) in [6.45, 7) is 1.78. The molecule has 0 aliphatic heterocycles. The fourth-order valence-electron chi connectivity index (χ4n) is 1.77. The van der Waals surface area contributed by atoms with Gasteiger partial charge in [0.25, 0.3) is 0 Å². The van der Waals surface area contributed by atoms with Gasteiger partial charge in [-0.1, -0.05) is 0 Å². The van der Waals surface area contributed by atoms with Crippen LogP contribution in [-0.4, -0.2) is 24.5 Å². The molecule has 0 saturated heterocycles. The summed E-state index contributed by atoms with van der Waals surface area (Å²) in [5, 5.41) is 18.4. The minimum atomic E-state index is -0.627. The van der Waals surface area contributed by atoms with Crippen molar-refractivity contribution in [3.8, 4) is 11.6 Å². The fourth-order valence-corrected chi connectivity index (χ4v) is 1.77. The molecular formula is C10H8N6O3. The number of aryl methyl sites for hydroxylation is 1. The van der Waals surface area contributed by atoms with E-state index in [4.69, 9.17) is 10.2 Å². The molecule has 0 fully saturated rings. The maximum Gasteiger partial charge on any atom is 0.433 e. The van der Waals surface area contributed by atoms with E-state index in [1.165, 1.54) is 16.5 Å². The monoisotopic (exact) mass is 260 g/mol. The number of nitrogens with zero attached hydrogens (tertiary/aromatic N) is 5. The molecule has 3 aromatic heterocycles. The average molecular weight is 260 g/mol. The molecule has 0 radical (unpaired) electrons. The molecule has 19 heavy (non-hydrogen) atoms. The molecule has 0 spiro atoms. The molecule has 3 heterocycles. The Morgan fingerprint density at radius 1 is 1.42 bits per heavy atom. The van der Waals surface area contributed by atoms with Gasteiger partial charge in [0, 0.05) is 11.8 Å². The van der Waals surface area contributed by atoms with Gasteiger partial charge in [0.2, 0.25) is 11.8 Å². The summed E-state index contributed by atoms with van der Waals surface area (Å²) in [7, 11) is 0. The molecule has 96 valence electrons. The lowest BCUT2D eigenvalue weighted by Gasteiger charge is -2.01. The number of nitrogens with two attached hydrogens (primary N) is 1. The Hall–Kier alpha value is -2.97. The quantitative estimate of drug-likeness (QED) is 0.541. The highest BCUT2D eigenvalue weighted by Gasteiger charge is 2.19. The summed E-state index contributed by atoms with van der Waals surface area (Å²) in [4.78, 5) is 14.1. The summed E-state index contributed by atoms with van der Waals surface area (Å²) in [5.74, 6) is 0.295. The molecule has 0 amide bonds. The number of nitrogen functional groups attached to an aromatic ring is 1. The minimum Gasteiger partial charge on any atom is -0.397 e. The van der Waals surface area contributed by atoms with Crippen LogP contribution in [0.25, 0.3) is 17.2 Å². The zero-order valence-electron chi connectivity index (χ0n) is 9.77. The second-order valence-corrected chi connectivity index (χ2v) is 3.87. The van der Waals surface area contributed by atoms with Crippen molar-refractivity contribution in [3.05, 3.63) is 34.0 Å². The number of aromatic nitrogens is 4. The van der Waals surface area contributed by atoms with Crippen LogP contribution >= 0.6 is 0 Å². The predicted octanol–water partition coefficient (Wildman–Crippen LogP) is 1.18. The van der Waals surface area contributed by atoms with Crippen molar-refractivity contribution in [2.75, 3.05) is 5.73 Å². The van der Waals surface area contributed by atoms with Crippen LogP contribution in [0.4, 0.5) is 11.8 Å². The Balaban J connectivity index is 2.22. The van der Waals surface area contributed by atoms with Gasteiger partial charge < -0.3 is 10.2 Å². The number of nitro groups is 1. The molecule has 9 heteroatoms. The smallest absolute Gasteiger partial charge is 0.397 e. The van der Waals surface area contributed by atoms with Crippen LogP contribution in [0, 0.1) is 17.0 Å². The molecule has 0 unspecified atom stereocenters. The van der Waals surface area contributed by atoms with E-state index in [1.54, 1.807) is 13.0 Å². The highest BCUT2D eigenvalue weighted by atomic mass is 16.6. The van der Waals surface area contributed by atoms with E-state index < -0.39 is 4.92 Å². The second-order valence-electron chi connectivity index (χ2n) is 3.87. The normalized spacial score (nSPS) is 11.0. The Morgan fingerprint density at radius 3 is 2.89 bits per heavy atom. The third-order valence-electron chi connectivity index (χ3n) is 2.54. The molecule has 2 N–H and O–H groups in total. The van der Waals surface area contributed by atoms with E-state index >= 15 is 0 Å². The molecule has 0 atom stereocenters. The number of rotatable bonds is 2. The molecule has 0 saturated carbocycles. The molecule has 0 aliphatic carbocycles. The summed E-state index contributed by atoms with van der Waals surface area (Å²) in [6.07, 6.45) is 0. The Morgan fingerprint density at radius 2 is 2.21 bits per heavy atom. The van der Waals surface area contributed by atoms with Crippen molar-refractivity contribution in [1.82, 2.24) is 19.6 Å². The summed E-state index contributed by atoms with van der Waals surface area (Å²) >= 11 is 0. The Bertz CT molecular complexity index is 790. The SMILES string of the molecule is Cc1cc2nnc(-c3ccc([N+](=O)[O-])o3)n2c(N)n1. The molecule has 3 rings (SSSR count). The highest BCUT2D eigenvalue weighted by Crippen LogP contribution is 2.26. The zero-order chi connectivity index (χ0) is 13.6. The first kappa shape index (κ1) is 11.1. The summed E-state index contributed by atoms with van der Waals surface area (Å²) in [5.41, 5.74) is 7.00. The van der Waals surface area contributed by atoms with E-state index in [0.717, 1.165) is 0 Å². The first-order valence-corrected chi connectivity index (χ1v) is 5.29. The molecule has 0 aromatic carbocycles. The van der Waals surface area contributed by atoms with Gasteiger partial charge >= 0.3 is 5.88 Å². The first-order valence-electron chi connectivity index (χ1n) is 5.29. The lowest BCUT2D eigenvalue weighted by molar-refractivity contribution is -0.401. The van der Waals surface area contributed by atoms with Crippen LogP contribution in [0.15, 0.2) is 22.6 Å². The largest absolute Gasteiger partial charge is 0.433 e. The number of hydrogen-bond acceptors (Lipinski definition) is 7. The number of hydrogen-bond donors (Lipinski definition) is 1. The third-order valence-corrected chi connectivity index (χ3v) is 2.54. The maximum absolute atomic E-state index is 10.6. The van der Waals surface area contributed by atoms with Crippen LogP contribution in [0.5, 0.6) is 0 Å². The van der Waals surface area contributed by atoms with Crippen molar-refractivity contribution >= 4 is 17.5 Å². The fraction of sp³-hybridized carbons (Fsp3) is 0.100. The lowest BCUT2D eigenvalue weighted by atomic mass is 10.4. The van der Waals surface area contributed by atoms with E-state index in [2.05, 4.69) is 15.2 Å². The van der Waals surface area contributed by atoms with Crippen LogP contribution in [0.2, 0.25) is 0 Å². The van der Waals surface area contributed by atoms with E-state index in [9.17, 15) is 10.1 Å². The van der Waals surface area contributed by atoms with Crippen LogP contribution < -0.4 is 5.73 Å². The predicted molar refractivity (Wildman–Crippen MR) is 64.3 cm³/mol. The van der Waals surface area contributed by atoms with Gasteiger partial charge in [0.05, 0.1) is 6.07 Å². The van der Waals surface area contributed by atoms with Gasteiger partial charge in [-0.15, -0.1) is 10.2 Å². The average Bonchev–Trinajstić information content (AvgIpc) is 2.93. The number of anilines is 1. The van der Waals surface area contributed by atoms with Crippen molar-refractivity contribution in [2.24, 2.45) is 0 Å². The zero-order valence-corrected chi connectivity index (χ0v) is 9.77. The van der Waals surface area contributed by atoms with Gasteiger partial charge in [-0.3, -0.25) is 10.1 Å². The molecular weight excluding hydrogens is 252 g/mol. The maximum atomic E-state index is 10.6. The minimum absolute atomic E-state index is 0.189. The molecule has 0 bridgehead atoms. The van der Waals surface area contributed by atoms with Crippen LogP contribution in [0.3, 0.4) is 0 Å². The lowest BCUT2D eigenvalue weighted by Crippen LogP contribution is -2.02. The second kappa shape index (κ2) is 3.77. The van der Waals surface area contributed by atoms with E-state index in [0.29, 0.717) is 11.3 Å². The highest BCUT2D eigenvalue weighted by molar-refractivity contribution is 5.58. The van der Waals surface area contributed by atoms with Crippen LogP contribution in [-0.2, 0) is 0 Å². The Labute approximate surface area is 105 Å². The van der Waals surface area contributed by atoms with Crippen LogP contribution in [0.1, 0.15) is 5.69 Å². The number of furan rings is 1. The van der Waals surface area contributed by atoms with Gasteiger partial charge in [-0.05, 0) is 13.0 Å². The first-order chi connectivity index (χ1) is 9.06. The topological polar surface area (TPSA) is 125 Å². The Kier molecular flexibility index (Phi) is 2.21. The molecule has 0 aliphatic rings. The van der Waals surface area contributed by atoms with Crippen molar-refractivity contribution < 1.29 is 9.34 Å². The summed E-state index contributed by atoms with van der Waals surface area (Å²) < 4.78 is 6.54. The van der Waals surface area contributed by atoms with Crippen molar-refractivity contribution in [1.29, 1.82) is 0 Å². The van der Waals surface area contributed by atoms with Gasteiger partial charge in [-0.2, -0.15) is 0 Å². The van der Waals surface area contributed by atoms with Gasteiger partial charge in [0.1, 0.15) is 4.92 Å². The van der Waals surface area contributed by atoms with E-state index in [1.807, 2.05) is 0 Å². The summed E-state index contributed by atoms with van der Waals surface area (Å²) in [6, 6.07) is 4.38. The third kappa shape index (κ3) is 1.68. The standard InChI is InChI=1S/C10H8N6O3/c1-5-4-7-13-14-9(15(7)10(11)12-5)6-2-3-8(19-6)16(17)18/h2-4H,1H3,(H2,11,12). The number of fused-ring (bicyclic) bond motifs is 1. The van der Waals surface area contributed by atoms with Gasteiger partial charge in [0.15, 0.2) is 11.4 Å². The van der Waals surface area contributed by atoms with Crippen molar-refractivity contribution in [2.45, 2.75) is 6.92 Å². The molecule has 9 nitrogen and oxygen atoms in total. The van der Waals surface area contributed by atoms with E-state index in [-0.39, 0.29) is 23.4 Å².